The van der Waals surface area contributed by atoms with Crippen molar-refractivity contribution in [3.05, 3.63) is 65.0 Å². The maximum atomic E-state index is 13.5. The van der Waals surface area contributed by atoms with Gasteiger partial charge in [-0.1, -0.05) is 30.3 Å². The van der Waals surface area contributed by atoms with Gasteiger partial charge in [0, 0.05) is 0 Å². The van der Waals surface area contributed by atoms with Crippen LogP contribution in [0.3, 0.4) is 0 Å². The third kappa shape index (κ3) is 3.94. The summed E-state index contributed by atoms with van der Waals surface area (Å²) in [6, 6.07) is 12.4. The number of nitrogens with one attached hydrogen (secondary N) is 1. The zero-order valence-electron chi connectivity index (χ0n) is 13.8. The van der Waals surface area contributed by atoms with Crippen LogP contribution in [0.25, 0.3) is 0 Å². The van der Waals surface area contributed by atoms with Crippen LogP contribution in [0.4, 0.5) is 4.39 Å². The summed E-state index contributed by atoms with van der Waals surface area (Å²) in [6.07, 6.45) is 4.74. The number of carbonyl (C=O) groups is 1. The molecular weight excluding hydrogens is 305 g/mol. The molecule has 24 heavy (non-hydrogen) atoms. The SMILES string of the molecule is C[C@H](NC(=O)COc1ccccc1F)c1ccc2c(c1)CCCC2. The molecule has 0 saturated heterocycles. The van der Waals surface area contributed by atoms with E-state index >= 15 is 0 Å². The van der Waals surface area contributed by atoms with Crippen LogP contribution in [0.1, 0.15) is 42.5 Å². The van der Waals surface area contributed by atoms with Crippen LogP contribution in [-0.4, -0.2) is 12.5 Å². The summed E-state index contributed by atoms with van der Waals surface area (Å²) < 4.78 is 18.7. The number of hydrogen-bond acceptors (Lipinski definition) is 2. The van der Waals surface area contributed by atoms with E-state index in [2.05, 4.69) is 23.5 Å². The lowest BCUT2D eigenvalue weighted by Gasteiger charge is -2.20. The molecule has 126 valence electrons. The van der Waals surface area contributed by atoms with Crippen LogP contribution < -0.4 is 10.1 Å². The Hall–Kier alpha value is -2.36. The quantitative estimate of drug-likeness (QED) is 0.903. The largest absolute Gasteiger partial charge is 0.481 e. The zero-order chi connectivity index (χ0) is 16.9. The number of para-hydroxylation sites is 1. The first-order chi connectivity index (χ1) is 11.6. The molecule has 1 aliphatic carbocycles. The van der Waals surface area contributed by atoms with Crippen LogP contribution in [-0.2, 0) is 17.6 Å². The minimum Gasteiger partial charge on any atom is -0.481 e. The third-order valence-electron chi connectivity index (χ3n) is 4.45. The Morgan fingerprint density at radius 1 is 1.17 bits per heavy atom. The zero-order valence-corrected chi connectivity index (χ0v) is 13.8. The Labute approximate surface area is 141 Å². The molecule has 1 atom stereocenters. The molecule has 0 aromatic heterocycles. The van der Waals surface area contributed by atoms with Crippen molar-refractivity contribution in [2.45, 2.75) is 38.6 Å². The number of hydrogen-bond donors (Lipinski definition) is 1. The summed E-state index contributed by atoms with van der Waals surface area (Å²) >= 11 is 0. The fourth-order valence-electron chi connectivity index (χ4n) is 3.09. The first-order valence-corrected chi connectivity index (χ1v) is 8.42. The van der Waals surface area contributed by atoms with Gasteiger partial charge in [-0.3, -0.25) is 4.79 Å². The molecule has 1 amide bonds. The minimum absolute atomic E-state index is 0.0917. The van der Waals surface area contributed by atoms with E-state index in [1.807, 2.05) is 6.92 Å². The van der Waals surface area contributed by atoms with Crippen molar-refractivity contribution in [1.29, 1.82) is 0 Å². The molecule has 0 saturated carbocycles. The van der Waals surface area contributed by atoms with Crippen LogP contribution >= 0.6 is 0 Å². The highest BCUT2D eigenvalue weighted by Crippen LogP contribution is 2.24. The lowest BCUT2D eigenvalue weighted by Crippen LogP contribution is -2.31. The van der Waals surface area contributed by atoms with E-state index in [9.17, 15) is 9.18 Å². The number of rotatable bonds is 5. The molecule has 2 aromatic carbocycles. The van der Waals surface area contributed by atoms with E-state index < -0.39 is 5.82 Å². The average Bonchev–Trinajstić information content (AvgIpc) is 2.60. The normalized spacial score (nSPS) is 14.6. The van der Waals surface area contributed by atoms with Gasteiger partial charge >= 0.3 is 0 Å². The number of benzene rings is 2. The molecule has 1 aliphatic rings. The Kier molecular flexibility index (Phi) is 5.14. The molecule has 0 aliphatic heterocycles. The lowest BCUT2D eigenvalue weighted by molar-refractivity contribution is -0.123. The molecule has 0 spiro atoms. The van der Waals surface area contributed by atoms with E-state index in [4.69, 9.17) is 4.74 Å². The molecule has 4 heteroatoms. The van der Waals surface area contributed by atoms with Crippen LogP contribution in [0, 0.1) is 5.82 Å². The van der Waals surface area contributed by atoms with Crippen molar-refractivity contribution in [3.8, 4) is 5.75 Å². The van der Waals surface area contributed by atoms with Gasteiger partial charge in [-0.25, -0.2) is 4.39 Å². The van der Waals surface area contributed by atoms with Crippen molar-refractivity contribution in [3.63, 3.8) is 0 Å². The molecule has 1 N–H and O–H groups in total. The van der Waals surface area contributed by atoms with Gasteiger partial charge in [0.25, 0.3) is 5.91 Å². The molecule has 0 fully saturated rings. The van der Waals surface area contributed by atoms with Crippen molar-refractivity contribution in [2.24, 2.45) is 0 Å². The summed E-state index contributed by atoms with van der Waals surface area (Å²) in [4.78, 5) is 12.0. The van der Waals surface area contributed by atoms with E-state index in [1.54, 1.807) is 12.1 Å². The van der Waals surface area contributed by atoms with E-state index in [-0.39, 0.29) is 24.3 Å². The van der Waals surface area contributed by atoms with Gasteiger partial charge in [-0.05, 0) is 61.4 Å². The number of carbonyl (C=O) groups excluding carboxylic acids is 1. The second kappa shape index (κ2) is 7.47. The summed E-state index contributed by atoms with van der Waals surface area (Å²) in [6.45, 7) is 1.75. The molecule has 0 unspecified atom stereocenters. The van der Waals surface area contributed by atoms with Gasteiger partial charge in [-0.15, -0.1) is 0 Å². The fourth-order valence-corrected chi connectivity index (χ4v) is 3.09. The summed E-state index contributed by atoms with van der Waals surface area (Å²) in [5, 5.41) is 2.91. The highest BCUT2D eigenvalue weighted by Gasteiger charge is 2.14. The second-order valence-electron chi connectivity index (χ2n) is 6.24. The molecule has 2 aromatic rings. The molecule has 0 radical (unpaired) electrons. The summed E-state index contributed by atoms with van der Waals surface area (Å²) in [5.74, 6) is -0.634. The standard InChI is InChI=1S/C20H22FNO2/c1-14(16-11-10-15-6-2-3-7-17(15)12-16)22-20(23)13-24-19-9-5-4-8-18(19)21/h4-5,8-12,14H,2-3,6-7,13H2,1H3,(H,22,23)/t14-/m0/s1. The highest BCUT2D eigenvalue weighted by atomic mass is 19.1. The number of amides is 1. The van der Waals surface area contributed by atoms with Crippen LogP contribution in [0.15, 0.2) is 42.5 Å². The van der Waals surface area contributed by atoms with Gasteiger partial charge < -0.3 is 10.1 Å². The van der Waals surface area contributed by atoms with Gasteiger partial charge in [0.05, 0.1) is 6.04 Å². The predicted octanol–water partition coefficient (Wildman–Crippen LogP) is 3.96. The van der Waals surface area contributed by atoms with E-state index in [0.29, 0.717) is 0 Å². The topological polar surface area (TPSA) is 38.3 Å². The van der Waals surface area contributed by atoms with Crippen molar-refractivity contribution < 1.29 is 13.9 Å². The molecule has 0 heterocycles. The van der Waals surface area contributed by atoms with Crippen LogP contribution in [0.5, 0.6) is 5.75 Å². The van der Waals surface area contributed by atoms with Gasteiger partial charge in [0.1, 0.15) is 0 Å². The monoisotopic (exact) mass is 327 g/mol. The maximum absolute atomic E-state index is 13.5. The van der Waals surface area contributed by atoms with Crippen molar-refractivity contribution in [2.75, 3.05) is 6.61 Å². The van der Waals surface area contributed by atoms with Crippen molar-refractivity contribution in [1.82, 2.24) is 5.32 Å². The fraction of sp³-hybridized carbons (Fsp3) is 0.350. The summed E-state index contributed by atoms with van der Waals surface area (Å²) in [7, 11) is 0. The third-order valence-corrected chi connectivity index (χ3v) is 4.45. The summed E-state index contributed by atoms with van der Waals surface area (Å²) in [5.41, 5.74) is 3.91. The number of ether oxygens (including phenoxy) is 1. The van der Waals surface area contributed by atoms with E-state index in [0.717, 1.165) is 18.4 Å². The number of halogens is 1. The minimum atomic E-state index is -0.465. The second-order valence-corrected chi connectivity index (χ2v) is 6.24. The van der Waals surface area contributed by atoms with Crippen molar-refractivity contribution >= 4 is 5.91 Å². The van der Waals surface area contributed by atoms with Gasteiger partial charge in [0.2, 0.25) is 0 Å². The lowest BCUT2D eigenvalue weighted by atomic mass is 9.89. The first-order valence-electron chi connectivity index (χ1n) is 8.42. The van der Waals surface area contributed by atoms with Gasteiger partial charge in [0.15, 0.2) is 18.2 Å². The first kappa shape index (κ1) is 16.5. The maximum Gasteiger partial charge on any atom is 0.258 e. The Balaban J connectivity index is 1.57. The highest BCUT2D eigenvalue weighted by molar-refractivity contribution is 5.78. The predicted molar refractivity (Wildman–Crippen MR) is 91.5 cm³/mol. The van der Waals surface area contributed by atoms with Crippen LogP contribution in [0.2, 0.25) is 0 Å². The Bertz CT molecular complexity index is 729. The van der Waals surface area contributed by atoms with Gasteiger partial charge in [-0.2, -0.15) is 0 Å². The molecular formula is C20H22FNO2. The molecule has 0 bridgehead atoms. The Morgan fingerprint density at radius 3 is 2.71 bits per heavy atom. The Morgan fingerprint density at radius 2 is 1.92 bits per heavy atom. The molecule has 3 nitrogen and oxygen atoms in total. The average molecular weight is 327 g/mol. The smallest absolute Gasteiger partial charge is 0.258 e. The number of fused-ring (bicyclic) bond motifs is 1. The van der Waals surface area contributed by atoms with E-state index in [1.165, 1.54) is 36.1 Å². The molecule has 3 rings (SSSR count). The number of aryl methyl sites for hydroxylation is 2.